The molecule has 1 aliphatic heterocycles. The molecule has 4 heteroatoms. The first-order valence-electron chi connectivity index (χ1n) is 7.68. The van der Waals surface area contributed by atoms with Gasteiger partial charge in [-0.15, -0.1) is 0 Å². The predicted octanol–water partition coefficient (Wildman–Crippen LogP) is 1.74. The number of carbonyl (C=O) groups is 1. The Morgan fingerprint density at radius 3 is 2.32 bits per heavy atom. The minimum Gasteiger partial charge on any atom is -0.481 e. The Kier molecular flexibility index (Phi) is 2.53. The number of carboxylic acid groups (broad SMARTS) is 1. The van der Waals surface area contributed by atoms with Gasteiger partial charge in [0.2, 0.25) is 0 Å². The van der Waals surface area contributed by atoms with Crippen LogP contribution < -0.4 is 0 Å². The minimum absolute atomic E-state index is 0.187. The van der Waals surface area contributed by atoms with Crippen LogP contribution in [0.2, 0.25) is 0 Å². The van der Waals surface area contributed by atoms with Crippen LogP contribution in [0.1, 0.15) is 38.5 Å². The van der Waals surface area contributed by atoms with Gasteiger partial charge in [-0.3, -0.25) is 9.69 Å². The Labute approximate surface area is 114 Å². The van der Waals surface area contributed by atoms with E-state index < -0.39 is 11.4 Å². The molecule has 1 N–H and O–H groups in total. The van der Waals surface area contributed by atoms with Gasteiger partial charge in [0.1, 0.15) is 0 Å². The van der Waals surface area contributed by atoms with E-state index in [4.69, 9.17) is 4.74 Å². The Morgan fingerprint density at radius 2 is 1.74 bits per heavy atom. The zero-order valence-electron chi connectivity index (χ0n) is 11.4. The predicted molar refractivity (Wildman–Crippen MR) is 69.9 cm³/mol. The van der Waals surface area contributed by atoms with E-state index in [1.807, 2.05) is 0 Å². The van der Waals surface area contributed by atoms with Gasteiger partial charge in [-0.05, 0) is 50.4 Å². The monoisotopic (exact) mass is 265 g/mol. The van der Waals surface area contributed by atoms with Crippen molar-refractivity contribution in [2.24, 2.45) is 17.3 Å². The van der Waals surface area contributed by atoms with Gasteiger partial charge >= 0.3 is 5.97 Å². The summed E-state index contributed by atoms with van der Waals surface area (Å²) in [7, 11) is 0. The highest BCUT2D eigenvalue weighted by Gasteiger charge is 2.62. The average molecular weight is 265 g/mol. The van der Waals surface area contributed by atoms with Gasteiger partial charge in [0.15, 0.2) is 0 Å². The van der Waals surface area contributed by atoms with Crippen molar-refractivity contribution in [3.05, 3.63) is 0 Å². The lowest BCUT2D eigenvalue weighted by Gasteiger charge is -2.64. The number of morpholine rings is 1. The van der Waals surface area contributed by atoms with Crippen LogP contribution in [0.4, 0.5) is 0 Å². The van der Waals surface area contributed by atoms with E-state index in [1.165, 1.54) is 19.3 Å². The maximum absolute atomic E-state index is 11.8. The molecule has 0 aromatic heterocycles. The van der Waals surface area contributed by atoms with Crippen molar-refractivity contribution in [2.75, 3.05) is 26.3 Å². The number of rotatable bonds is 2. The zero-order valence-corrected chi connectivity index (χ0v) is 11.4. The highest BCUT2D eigenvalue weighted by molar-refractivity contribution is 5.75. The van der Waals surface area contributed by atoms with Crippen molar-refractivity contribution in [1.82, 2.24) is 4.90 Å². The molecule has 0 radical (unpaired) electrons. The Balaban J connectivity index is 1.67. The van der Waals surface area contributed by atoms with Gasteiger partial charge in [-0.2, -0.15) is 0 Å². The van der Waals surface area contributed by atoms with E-state index in [9.17, 15) is 9.90 Å². The second-order valence-electron chi connectivity index (χ2n) is 7.37. The first kappa shape index (κ1) is 12.2. The summed E-state index contributed by atoms with van der Waals surface area (Å²) in [5.74, 6) is 0.777. The molecule has 0 spiro atoms. The van der Waals surface area contributed by atoms with Gasteiger partial charge in [0, 0.05) is 18.6 Å². The van der Waals surface area contributed by atoms with E-state index >= 15 is 0 Å². The van der Waals surface area contributed by atoms with E-state index in [0.717, 1.165) is 45.6 Å². The van der Waals surface area contributed by atoms with Crippen LogP contribution in [0.15, 0.2) is 0 Å². The Hall–Kier alpha value is -0.610. The molecule has 0 amide bonds. The van der Waals surface area contributed by atoms with Gasteiger partial charge in [-0.25, -0.2) is 0 Å². The highest BCUT2D eigenvalue weighted by atomic mass is 16.5. The molecule has 5 rings (SSSR count). The van der Waals surface area contributed by atoms with Crippen LogP contribution in [0.25, 0.3) is 0 Å². The molecule has 4 aliphatic carbocycles. The lowest BCUT2D eigenvalue weighted by Crippen LogP contribution is -2.66. The molecular formula is C15H23NO3. The summed E-state index contributed by atoms with van der Waals surface area (Å²) in [6.07, 6.45) is 6.51. The van der Waals surface area contributed by atoms with Gasteiger partial charge in [-0.1, -0.05) is 0 Å². The molecule has 19 heavy (non-hydrogen) atoms. The lowest BCUT2D eigenvalue weighted by molar-refractivity contribution is -0.183. The van der Waals surface area contributed by atoms with Crippen LogP contribution in [0, 0.1) is 17.3 Å². The van der Waals surface area contributed by atoms with Gasteiger partial charge < -0.3 is 9.84 Å². The first-order valence-corrected chi connectivity index (χ1v) is 7.68. The molecule has 2 atom stereocenters. The van der Waals surface area contributed by atoms with Crippen molar-refractivity contribution in [3.63, 3.8) is 0 Å². The molecule has 4 saturated carbocycles. The zero-order chi connectivity index (χ0) is 13.1. The Morgan fingerprint density at radius 1 is 1.11 bits per heavy atom. The van der Waals surface area contributed by atoms with Crippen molar-refractivity contribution in [1.29, 1.82) is 0 Å². The number of carboxylic acids is 1. The van der Waals surface area contributed by atoms with Crippen LogP contribution >= 0.6 is 0 Å². The van der Waals surface area contributed by atoms with Crippen molar-refractivity contribution in [2.45, 2.75) is 44.1 Å². The fourth-order valence-electron chi connectivity index (χ4n) is 5.87. The number of ether oxygens (including phenoxy) is 1. The summed E-state index contributed by atoms with van der Waals surface area (Å²) >= 11 is 0. The quantitative estimate of drug-likeness (QED) is 0.826. The fraction of sp³-hybridized carbons (Fsp3) is 0.933. The topological polar surface area (TPSA) is 49.8 Å². The normalized spacial score (nSPS) is 49.5. The van der Waals surface area contributed by atoms with E-state index in [1.54, 1.807) is 0 Å². The molecule has 5 fully saturated rings. The molecular weight excluding hydrogens is 242 g/mol. The molecule has 106 valence electrons. The molecule has 2 unspecified atom stereocenters. The summed E-state index contributed by atoms with van der Waals surface area (Å²) in [5.41, 5.74) is -0.214. The Bertz CT molecular complexity index is 388. The number of hydrogen-bond acceptors (Lipinski definition) is 3. The maximum atomic E-state index is 11.8. The van der Waals surface area contributed by atoms with Crippen molar-refractivity contribution in [3.8, 4) is 0 Å². The summed E-state index contributed by atoms with van der Waals surface area (Å²) < 4.78 is 5.48. The summed E-state index contributed by atoms with van der Waals surface area (Å²) in [6, 6.07) is 0. The SMILES string of the molecule is O=C(O)C12CC3CC(C1)CC(N1CCOCC1)(C3)C2. The van der Waals surface area contributed by atoms with E-state index in [-0.39, 0.29) is 5.54 Å². The lowest BCUT2D eigenvalue weighted by atomic mass is 9.46. The third kappa shape index (κ3) is 1.69. The molecule has 4 bridgehead atoms. The molecule has 4 nitrogen and oxygen atoms in total. The molecule has 0 aromatic rings. The second kappa shape index (κ2) is 3.95. The fourth-order valence-corrected chi connectivity index (χ4v) is 5.87. The van der Waals surface area contributed by atoms with E-state index in [2.05, 4.69) is 4.90 Å². The standard InChI is InChI=1S/C15H23NO3/c17-13(18)14-6-11-5-12(7-14)9-15(8-11,10-14)16-1-3-19-4-2-16/h11-12H,1-10H2,(H,17,18). The van der Waals surface area contributed by atoms with E-state index in [0.29, 0.717) is 11.8 Å². The third-order valence-corrected chi connectivity index (χ3v) is 6.17. The smallest absolute Gasteiger partial charge is 0.309 e. The van der Waals surface area contributed by atoms with Crippen LogP contribution in [-0.2, 0) is 9.53 Å². The maximum Gasteiger partial charge on any atom is 0.309 e. The molecule has 1 saturated heterocycles. The third-order valence-electron chi connectivity index (χ3n) is 6.17. The summed E-state index contributed by atoms with van der Waals surface area (Å²) in [5, 5.41) is 9.75. The molecule has 5 aliphatic rings. The summed E-state index contributed by atoms with van der Waals surface area (Å²) in [6.45, 7) is 3.62. The summed E-state index contributed by atoms with van der Waals surface area (Å²) in [4.78, 5) is 14.4. The average Bonchev–Trinajstić information content (AvgIpc) is 2.38. The van der Waals surface area contributed by atoms with Crippen LogP contribution in [0.3, 0.4) is 0 Å². The largest absolute Gasteiger partial charge is 0.481 e. The molecule has 0 aromatic carbocycles. The van der Waals surface area contributed by atoms with Crippen molar-refractivity contribution >= 4 is 5.97 Å². The van der Waals surface area contributed by atoms with Gasteiger partial charge in [0.25, 0.3) is 0 Å². The number of hydrogen-bond donors (Lipinski definition) is 1. The van der Waals surface area contributed by atoms with Crippen LogP contribution in [-0.4, -0.2) is 47.8 Å². The van der Waals surface area contributed by atoms with Gasteiger partial charge in [0.05, 0.1) is 18.6 Å². The number of aliphatic carboxylic acids is 1. The van der Waals surface area contributed by atoms with Crippen molar-refractivity contribution < 1.29 is 14.6 Å². The highest BCUT2D eigenvalue weighted by Crippen LogP contribution is 2.63. The first-order chi connectivity index (χ1) is 9.12. The minimum atomic E-state index is -0.528. The number of nitrogens with zero attached hydrogens (tertiary/aromatic N) is 1. The molecule has 1 heterocycles. The van der Waals surface area contributed by atoms with Crippen LogP contribution in [0.5, 0.6) is 0 Å². The second-order valence-corrected chi connectivity index (χ2v) is 7.37.